The highest BCUT2D eigenvalue weighted by Gasteiger charge is 2.39. The zero-order valence-corrected chi connectivity index (χ0v) is 11.8. The second kappa shape index (κ2) is 5.55. The molecule has 3 rings (SSSR count). The van der Waals surface area contributed by atoms with E-state index >= 15 is 0 Å². The molecule has 6 nitrogen and oxygen atoms in total. The van der Waals surface area contributed by atoms with E-state index in [-0.39, 0.29) is 23.7 Å². The number of hydrazine groups is 1. The number of anilines is 1. The van der Waals surface area contributed by atoms with Gasteiger partial charge in [-0.2, -0.15) is 0 Å². The van der Waals surface area contributed by atoms with Gasteiger partial charge in [0.2, 0.25) is 0 Å². The van der Waals surface area contributed by atoms with Gasteiger partial charge < -0.3 is 15.1 Å². The van der Waals surface area contributed by atoms with Crippen LogP contribution in [0.3, 0.4) is 0 Å². The normalized spacial score (nSPS) is 25.4. The SMILES string of the molecule is NNc1ccc(Cl)c(C(=O)N2CCOC3CCCC32)n1. The van der Waals surface area contributed by atoms with Gasteiger partial charge in [0.05, 0.1) is 23.8 Å². The first-order chi connectivity index (χ1) is 9.70. The first-order valence-electron chi connectivity index (χ1n) is 6.76. The summed E-state index contributed by atoms with van der Waals surface area (Å²) in [7, 11) is 0. The van der Waals surface area contributed by atoms with Crippen LogP contribution in [0.5, 0.6) is 0 Å². The van der Waals surface area contributed by atoms with Crippen molar-refractivity contribution >= 4 is 23.3 Å². The first kappa shape index (κ1) is 13.6. The molecular formula is C13H17ClN4O2. The van der Waals surface area contributed by atoms with Crippen LogP contribution >= 0.6 is 11.6 Å². The van der Waals surface area contributed by atoms with E-state index < -0.39 is 0 Å². The van der Waals surface area contributed by atoms with Crippen molar-refractivity contribution in [3.63, 3.8) is 0 Å². The number of nitrogens with one attached hydrogen (secondary N) is 1. The number of ether oxygens (including phenoxy) is 1. The van der Waals surface area contributed by atoms with Crippen molar-refractivity contribution in [2.45, 2.75) is 31.4 Å². The topological polar surface area (TPSA) is 80.5 Å². The third-order valence-corrected chi connectivity index (χ3v) is 4.24. The van der Waals surface area contributed by atoms with Crippen LogP contribution in [0.4, 0.5) is 5.82 Å². The van der Waals surface area contributed by atoms with E-state index in [1.165, 1.54) is 0 Å². The monoisotopic (exact) mass is 296 g/mol. The van der Waals surface area contributed by atoms with Crippen molar-refractivity contribution in [3.05, 3.63) is 22.8 Å². The summed E-state index contributed by atoms with van der Waals surface area (Å²) >= 11 is 6.10. The second-order valence-electron chi connectivity index (χ2n) is 5.08. The number of halogens is 1. The predicted molar refractivity (Wildman–Crippen MR) is 75.5 cm³/mol. The van der Waals surface area contributed by atoms with Gasteiger partial charge in [-0.3, -0.25) is 4.79 Å². The van der Waals surface area contributed by atoms with Crippen molar-refractivity contribution in [3.8, 4) is 0 Å². The maximum absolute atomic E-state index is 12.7. The van der Waals surface area contributed by atoms with Crippen molar-refractivity contribution in [1.29, 1.82) is 0 Å². The number of hydrogen-bond donors (Lipinski definition) is 2. The molecule has 2 unspecified atom stereocenters. The highest BCUT2D eigenvalue weighted by Crippen LogP contribution is 2.31. The Labute approximate surface area is 122 Å². The fourth-order valence-electron chi connectivity index (χ4n) is 2.99. The summed E-state index contributed by atoms with van der Waals surface area (Å²) < 4.78 is 5.71. The van der Waals surface area contributed by atoms with Gasteiger partial charge in [0, 0.05) is 6.54 Å². The van der Waals surface area contributed by atoms with Gasteiger partial charge in [0.15, 0.2) is 0 Å². The van der Waals surface area contributed by atoms with Crippen molar-refractivity contribution < 1.29 is 9.53 Å². The number of morpholine rings is 1. The van der Waals surface area contributed by atoms with Crippen molar-refractivity contribution in [2.24, 2.45) is 5.84 Å². The molecule has 1 aliphatic heterocycles. The van der Waals surface area contributed by atoms with Crippen LogP contribution in [-0.2, 0) is 4.74 Å². The van der Waals surface area contributed by atoms with Gasteiger partial charge in [-0.1, -0.05) is 11.6 Å². The molecule has 0 radical (unpaired) electrons. The van der Waals surface area contributed by atoms with Gasteiger partial charge >= 0.3 is 0 Å². The number of nitrogens with two attached hydrogens (primary N) is 1. The highest BCUT2D eigenvalue weighted by molar-refractivity contribution is 6.33. The second-order valence-corrected chi connectivity index (χ2v) is 5.48. The molecule has 1 aliphatic carbocycles. The third kappa shape index (κ3) is 2.34. The van der Waals surface area contributed by atoms with Crippen LogP contribution in [0, 0.1) is 0 Å². The molecule has 0 spiro atoms. The lowest BCUT2D eigenvalue weighted by Crippen LogP contribution is -2.51. The number of fused-ring (bicyclic) bond motifs is 1. The zero-order chi connectivity index (χ0) is 14.1. The van der Waals surface area contributed by atoms with Crippen LogP contribution in [0.1, 0.15) is 29.8 Å². The standard InChI is InChI=1S/C13H17ClN4O2/c14-8-4-5-11(17-15)16-12(8)13(19)18-6-7-20-10-3-1-2-9(10)18/h4-5,9-10H,1-3,6-7,15H2,(H,16,17). The molecule has 1 saturated heterocycles. The summed E-state index contributed by atoms with van der Waals surface area (Å²) in [5, 5.41) is 0.343. The predicted octanol–water partition coefficient (Wildman–Crippen LogP) is 1.41. The summed E-state index contributed by atoms with van der Waals surface area (Å²) in [5.41, 5.74) is 2.68. The number of rotatable bonds is 2. The molecule has 2 fully saturated rings. The Bertz CT molecular complexity index is 525. The Hall–Kier alpha value is -1.37. The van der Waals surface area contributed by atoms with Crippen LogP contribution in [0.25, 0.3) is 0 Å². The summed E-state index contributed by atoms with van der Waals surface area (Å²) in [6.45, 7) is 1.15. The summed E-state index contributed by atoms with van der Waals surface area (Å²) in [6, 6.07) is 3.41. The van der Waals surface area contributed by atoms with E-state index in [1.54, 1.807) is 12.1 Å². The quantitative estimate of drug-likeness (QED) is 0.637. The Morgan fingerprint density at radius 1 is 1.50 bits per heavy atom. The number of aromatic nitrogens is 1. The molecule has 3 N–H and O–H groups in total. The van der Waals surface area contributed by atoms with E-state index in [0.29, 0.717) is 24.0 Å². The van der Waals surface area contributed by atoms with Crippen LogP contribution < -0.4 is 11.3 Å². The fraction of sp³-hybridized carbons (Fsp3) is 0.538. The van der Waals surface area contributed by atoms with Gasteiger partial charge in [-0.25, -0.2) is 10.8 Å². The molecule has 7 heteroatoms. The Morgan fingerprint density at radius 3 is 3.15 bits per heavy atom. The number of carbonyl (C=O) groups is 1. The number of amides is 1. The molecule has 0 aromatic carbocycles. The van der Waals surface area contributed by atoms with Crippen molar-refractivity contribution in [2.75, 3.05) is 18.6 Å². The molecule has 0 bridgehead atoms. The first-order valence-corrected chi connectivity index (χ1v) is 7.14. The van der Waals surface area contributed by atoms with Crippen LogP contribution in [0.2, 0.25) is 5.02 Å². The van der Waals surface area contributed by atoms with E-state index in [2.05, 4.69) is 10.4 Å². The summed E-state index contributed by atoms with van der Waals surface area (Å²) in [4.78, 5) is 18.7. The average molecular weight is 297 g/mol. The Kier molecular flexibility index (Phi) is 3.78. The molecule has 2 heterocycles. The smallest absolute Gasteiger partial charge is 0.274 e. The number of nitrogens with zero attached hydrogens (tertiary/aromatic N) is 2. The Morgan fingerprint density at radius 2 is 2.35 bits per heavy atom. The van der Waals surface area contributed by atoms with E-state index in [0.717, 1.165) is 19.3 Å². The van der Waals surface area contributed by atoms with Crippen LogP contribution in [-0.4, -0.2) is 41.1 Å². The zero-order valence-electron chi connectivity index (χ0n) is 11.0. The van der Waals surface area contributed by atoms with Gasteiger partial charge in [0.25, 0.3) is 5.91 Å². The largest absolute Gasteiger partial charge is 0.374 e. The lowest BCUT2D eigenvalue weighted by Gasteiger charge is -2.37. The average Bonchev–Trinajstić information content (AvgIpc) is 2.95. The summed E-state index contributed by atoms with van der Waals surface area (Å²) in [5.74, 6) is 5.61. The molecule has 2 atom stereocenters. The van der Waals surface area contributed by atoms with E-state index in [9.17, 15) is 4.79 Å². The van der Waals surface area contributed by atoms with Crippen LogP contribution in [0.15, 0.2) is 12.1 Å². The minimum Gasteiger partial charge on any atom is -0.374 e. The lowest BCUT2D eigenvalue weighted by molar-refractivity contribution is -0.0447. The third-order valence-electron chi connectivity index (χ3n) is 3.94. The minimum absolute atomic E-state index is 0.142. The number of hydrogen-bond acceptors (Lipinski definition) is 5. The van der Waals surface area contributed by atoms with Gasteiger partial charge in [-0.05, 0) is 31.4 Å². The molecular weight excluding hydrogens is 280 g/mol. The molecule has 1 amide bonds. The van der Waals surface area contributed by atoms with E-state index in [1.807, 2.05) is 4.90 Å². The fourth-order valence-corrected chi connectivity index (χ4v) is 3.17. The Balaban J connectivity index is 1.88. The van der Waals surface area contributed by atoms with Crippen molar-refractivity contribution in [1.82, 2.24) is 9.88 Å². The maximum Gasteiger partial charge on any atom is 0.274 e. The minimum atomic E-state index is -0.146. The summed E-state index contributed by atoms with van der Waals surface area (Å²) in [6.07, 6.45) is 3.23. The number of pyridine rings is 1. The molecule has 1 aromatic rings. The lowest BCUT2D eigenvalue weighted by atomic mass is 10.1. The maximum atomic E-state index is 12.7. The van der Waals surface area contributed by atoms with Gasteiger partial charge in [-0.15, -0.1) is 0 Å². The molecule has 20 heavy (non-hydrogen) atoms. The van der Waals surface area contributed by atoms with Gasteiger partial charge in [0.1, 0.15) is 11.5 Å². The molecule has 108 valence electrons. The molecule has 1 saturated carbocycles. The highest BCUT2D eigenvalue weighted by atomic mass is 35.5. The number of nitrogen functional groups attached to an aromatic ring is 1. The molecule has 1 aromatic heterocycles. The number of carbonyl (C=O) groups excluding carboxylic acids is 1. The molecule has 2 aliphatic rings. The van der Waals surface area contributed by atoms with E-state index in [4.69, 9.17) is 22.2 Å².